The Labute approximate surface area is 173 Å². The van der Waals surface area contributed by atoms with Crippen LogP contribution < -0.4 is 15.0 Å². The van der Waals surface area contributed by atoms with Crippen molar-refractivity contribution in [1.82, 2.24) is 0 Å². The molecule has 1 heterocycles. The Morgan fingerprint density at radius 2 is 1.59 bits per heavy atom. The average molecular weight is 405 g/mol. The zero-order valence-electron chi connectivity index (χ0n) is 15.6. The molecule has 1 aliphatic heterocycles. The van der Waals surface area contributed by atoms with Crippen molar-refractivity contribution in [2.24, 2.45) is 0 Å². The van der Waals surface area contributed by atoms with Crippen molar-refractivity contribution in [3.05, 3.63) is 95.1 Å². The first-order chi connectivity index (χ1) is 14.1. The standard InChI is InChI=1S/C23H17ClN2O3/c1-29-19-12-10-15(11-13-19)20-21(25-17-7-3-2-4-8-17)23(28)26(22(20)27)18-9-5-6-16(24)14-18/h2-14,25H,1H3. The number of hydrogen-bond donors (Lipinski definition) is 1. The van der Waals surface area contributed by atoms with E-state index in [0.717, 1.165) is 4.90 Å². The number of hydrogen-bond acceptors (Lipinski definition) is 4. The van der Waals surface area contributed by atoms with Gasteiger partial charge in [0, 0.05) is 10.7 Å². The van der Waals surface area contributed by atoms with Gasteiger partial charge in [0.05, 0.1) is 18.4 Å². The Kier molecular flexibility index (Phi) is 5.06. The van der Waals surface area contributed by atoms with E-state index >= 15 is 0 Å². The van der Waals surface area contributed by atoms with Crippen molar-refractivity contribution in [2.75, 3.05) is 17.3 Å². The third-order valence-electron chi connectivity index (χ3n) is 4.57. The van der Waals surface area contributed by atoms with Crippen LogP contribution in [0.3, 0.4) is 0 Å². The van der Waals surface area contributed by atoms with Gasteiger partial charge in [-0.25, -0.2) is 4.90 Å². The molecule has 3 aromatic rings. The number of para-hydroxylation sites is 1. The summed E-state index contributed by atoms with van der Waals surface area (Å²) in [4.78, 5) is 27.7. The van der Waals surface area contributed by atoms with E-state index in [1.54, 1.807) is 55.6 Å². The largest absolute Gasteiger partial charge is 0.497 e. The number of halogens is 1. The van der Waals surface area contributed by atoms with Gasteiger partial charge in [-0.1, -0.05) is 48.0 Å². The van der Waals surface area contributed by atoms with Gasteiger partial charge in [0.15, 0.2) is 0 Å². The lowest BCUT2D eigenvalue weighted by molar-refractivity contribution is -0.120. The number of ether oxygens (including phenoxy) is 1. The first-order valence-corrected chi connectivity index (χ1v) is 9.31. The van der Waals surface area contributed by atoms with Crippen LogP contribution in [0.25, 0.3) is 5.57 Å². The lowest BCUT2D eigenvalue weighted by atomic mass is 10.0. The Balaban J connectivity index is 1.82. The highest BCUT2D eigenvalue weighted by atomic mass is 35.5. The van der Waals surface area contributed by atoms with Gasteiger partial charge in [-0.15, -0.1) is 0 Å². The Morgan fingerprint density at radius 1 is 0.862 bits per heavy atom. The van der Waals surface area contributed by atoms with Gasteiger partial charge in [-0.2, -0.15) is 0 Å². The molecule has 5 nitrogen and oxygen atoms in total. The Morgan fingerprint density at radius 3 is 2.24 bits per heavy atom. The summed E-state index contributed by atoms with van der Waals surface area (Å²) < 4.78 is 5.20. The van der Waals surface area contributed by atoms with Crippen molar-refractivity contribution in [3.63, 3.8) is 0 Å². The van der Waals surface area contributed by atoms with Crippen molar-refractivity contribution in [1.29, 1.82) is 0 Å². The molecule has 0 bridgehead atoms. The molecule has 0 aromatic heterocycles. The van der Waals surface area contributed by atoms with Crippen molar-refractivity contribution in [2.45, 2.75) is 0 Å². The summed E-state index contributed by atoms with van der Waals surface area (Å²) in [7, 11) is 1.57. The molecule has 4 rings (SSSR count). The fourth-order valence-electron chi connectivity index (χ4n) is 3.19. The minimum Gasteiger partial charge on any atom is -0.497 e. The van der Waals surface area contributed by atoms with E-state index in [2.05, 4.69) is 5.32 Å². The summed E-state index contributed by atoms with van der Waals surface area (Å²) in [5, 5.41) is 3.56. The van der Waals surface area contributed by atoms with Crippen LogP contribution in [0.4, 0.5) is 11.4 Å². The first kappa shape index (κ1) is 18.8. The molecule has 0 radical (unpaired) electrons. The van der Waals surface area contributed by atoms with E-state index in [-0.39, 0.29) is 5.70 Å². The molecule has 29 heavy (non-hydrogen) atoms. The summed E-state index contributed by atoms with van der Waals surface area (Å²) in [5.41, 5.74) is 2.26. The molecule has 0 unspecified atom stereocenters. The summed E-state index contributed by atoms with van der Waals surface area (Å²) in [6.45, 7) is 0. The van der Waals surface area contributed by atoms with Gasteiger partial charge in [0.1, 0.15) is 11.4 Å². The lowest BCUT2D eigenvalue weighted by Crippen LogP contribution is -2.32. The second kappa shape index (κ2) is 7.81. The van der Waals surface area contributed by atoms with Gasteiger partial charge in [-0.05, 0) is 48.0 Å². The van der Waals surface area contributed by atoms with E-state index in [1.807, 2.05) is 30.3 Å². The molecule has 0 atom stereocenters. The molecule has 2 amide bonds. The molecule has 0 fully saturated rings. The molecular formula is C23H17ClN2O3. The van der Waals surface area contributed by atoms with Gasteiger partial charge >= 0.3 is 0 Å². The topological polar surface area (TPSA) is 58.6 Å². The maximum atomic E-state index is 13.3. The lowest BCUT2D eigenvalue weighted by Gasteiger charge is -2.15. The highest BCUT2D eigenvalue weighted by Gasteiger charge is 2.40. The quantitative estimate of drug-likeness (QED) is 0.624. The number of carbonyl (C=O) groups excluding carboxylic acids is 2. The zero-order valence-corrected chi connectivity index (χ0v) is 16.3. The third-order valence-corrected chi connectivity index (χ3v) is 4.81. The molecule has 0 saturated heterocycles. The molecule has 1 N–H and O–H groups in total. The molecule has 0 aliphatic carbocycles. The van der Waals surface area contributed by atoms with Crippen LogP contribution in [0.1, 0.15) is 5.56 Å². The van der Waals surface area contributed by atoms with Crippen LogP contribution >= 0.6 is 11.6 Å². The summed E-state index contributed by atoms with van der Waals surface area (Å²) >= 11 is 6.08. The fraction of sp³-hybridized carbons (Fsp3) is 0.0435. The van der Waals surface area contributed by atoms with Gasteiger partial charge in [0.2, 0.25) is 0 Å². The molecule has 3 aromatic carbocycles. The fourth-order valence-corrected chi connectivity index (χ4v) is 3.37. The minimum absolute atomic E-state index is 0.214. The molecule has 6 heteroatoms. The van der Waals surface area contributed by atoms with Crippen LogP contribution in [0, 0.1) is 0 Å². The van der Waals surface area contributed by atoms with Gasteiger partial charge in [0.25, 0.3) is 11.8 Å². The van der Waals surface area contributed by atoms with Crippen LogP contribution in [-0.2, 0) is 9.59 Å². The highest BCUT2D eigenvalue weighted by molar-refractivity contribution is 6.46. The maximum absolute atomic E-state index is 13.3. The molecule has 0 saturated carbocycles. The number of nitrogens with zero attached hydrogens (tertiary/aromatic N) is 1. The second-order valence-corrected chi connectivity index (χ2v) is 6.83. The van der Waals surface area contributed by atoms with E-state index in [1.165, 1.54) is 0 Å². The van der Waals surface area contributed by atoms with E-state index in [4.69, 9.17) is 16.3 Å². The second-order valence-electron chi connectivity index (χ2n) is 6.40. The normalized spacial score (nSPS) is 13.8. The number of anilines is 2. The molecular weight excluding hydrogens is 388 g/mol. The van der Waals surface area contributed by atoms with Crippen LogP contribution in [0.15, 0.2) is 84.6 Å². The van der Waals surface area contributed by atoms with Crippen LogP contribution in [0.5, 0.6) is 5.75 Å². The predicted molar refractivity (Wildman–Crippen MR) is 114 cm³/mol. The number of methoxy groups -OCH3 is 1. The first-order valence-electron chi connectivity index (χ1n) is 8.93. The van der Waals surface area contributed by atoms with Crippen LogP contribution in [-0.4, -0.2) is 18.9 Å². The minimum atomic E-state index is -0.438. The highest BCUT2D eigenvalue weighted by Crippen LogP contribution is 2.35. The number of amides is 2. The van der Waals surface area contributed by atoms with Crippen molar-refractivity contribution in [3.8, 4) is 5.75 Å². The van der Waals surface area contributed by atoms with Gasteiger partial charge < -0.3 is 10.1 Å². The van der Waals surface area contributed by atoms with Crippen LogP contribution in [0.2, 0.25) is 5.02 Å². The monoisotopic (exact) mass is 404 g/mol. The number of imide groups is 1. The third kappa shape index (κ3) is 3.60. The van der Waals surface area contributed by atoms with Crippen molar-refractivity contribution < 1.29 is 14.3 Å². The van der Waals surface area contributed by atoms with Gasteiger partial charge in [-0.3, -0.25) is 9.59 Å². The van der Waals surface area contributed by atoms with E-state index in [9.17, 15) is 9.59 Å². The molecule has 0 spiro atoms. The number of carbonyl (C=O) groups is 2. The Hall–Kier alpha value is -3.57. The molecule has 144 valence electrons. The SMILES string of the molecule is COc1ccc(C2=C(Nc3ccccc3)C(=O)N(c3cccc(Cl)c3)C2=O)cc1. The average Bonchev–Trinajstić information content (AvgIpc) is 2.98. The smallest absolute Gasteiger partial charge is 0.282 e. The van der Waals surface area contributed by atoms with Crippen molar-refractivity contribution >= 4 is 40.4 Å². The number of nitrogens with one attached hydrogen (secondary N) is 1. The maximum Gasteiger partial charge on any atom is 0.282 e. The number of rotatable bonds is 5. The predicted octanol–water partition coefficient (Wildman–Crippen LogP) is 4.75. The van der Waals surface area contributed by atoms with E-state index in [0.29, 0.717) is 33.3 Å². The molecule has 1 aliphatic rings. The summed E-state index contributed by atoms with van der Waals surface area (Å²) in [5.74, 6) is -0.191. The summed E-state index contributed by atoms with van der Waals surface area (Å²) in [6, 6.07) is 22.9. The Bertz CT molecular complexity index is 1110. The number of benzene rings is 3. The summed E-state index contributed by atoms with van der Waals surface area (Å²) in [6.07, 6.45) is 0. The zero-order chi connectivity index (χ0) is 20.4. The van der Waals surface area contributed by atoms with E-state index < -0.39 is 11.8 Å².